The standard InChI is InChI=1S/C21H29N3O4S/c1-3-5-7-14(4-2)12-22-19(25)8-6-9-24-20(26)15-10-17-18(28-13-27-17)11-16(15)23-21(24)29/h10-11,14H,3-9,12-13H2,1-2H3,(H,22,25)(H,23,29)/t14-/m1/s1. The minimum absolute atomic E-state index is 0.0204. The minimum Gasteiger partial charge on any atom is -0.454 e. The summed E-state index contributed by atoms with van der Waals surface area (Å²) in [6.07, 6.45) is 5.49. The van der Waals surface area contributed by atoms with Gasteiger partial charge in [-0.2, -0.15) is 0 Å². The van der Waals surface area contributed by atoms with E-state index in [4.69, 9.17) is 21.7 Å². The fourth-order valence-corrected chi connectivity index (χ4v) is 3.82. The first kappa shape index (κ1) is 21.4. The Balaban J connectivity index is 1.59. The molecule has 0 aliphatic carbocycles. The predicted molar refractivity (Wildman–Crippen MR) is 115 cm³/mol. The highest BCUT2D eigenvalue weighted by molar-refractivity contribution is 7.71. The second kappa shape index (κ2) is 9.91. The van der Waals surface area contributed by atoms with E-state index < -0.39 is 0 Å². The van der Waals surface area contributed by atoms with E-state index in [0.29, 0.717) is 52.5 Å². The number of ether oxygens (including phenoxy) is 2. The van der Waals surface area contributed by atoms with Crippen molar-refractivity contribution in [3.05, 3.63) is 27.3 Å². The summed E-state index contributed by atoms with van der Waals surface area (Å²) >= 11 is 5.35. The highest BCUT2D eigenvalue weighted by Crippen LogP contribution is 2.34. The Kier molecular flexibility index (Phi) is 7.30. The van der Waals surface area contributed by atoms with Gasteiger partial charge < -0.3 is 19.8 Å². The minimum atomic E-state index is -0.187. The summed E-state index contributed by atoms with van der Waals surface area (Å²) in [7, 11) is 0. The average molecular weight is 420 g/mol. The number of aromatic amines is 1. The van der Waals surface area contributed by atoms with Gasteiger partial charge in [0, 0.05) is 25.6 Å². The number of nitrogens with zero attached hydrogens (tertiary/aromatic N) is 1. The molecule has 1 atom stereocenters. The van der Waals surface area contributed by atoms with Crippen molar-refractivity contribution in [1.29, 1.82) is 0 Å². The van der Waals surface area contributed by atoms with Gasteiger partial charge in [0.05, 0.1) is 10.9 Å². The van der Waals surface area contributed by atoms with Crippen LogP contribution in [0.5, 0.6) is 11.5 Å². The summed E-state index contributed by atoms with van der Waals surface area (Å²) in [5.74, 6) is 1.71. The third kappa shape index (κ3) is 5.18. The average Bonchev–Trinajstić information content (AvgIpc) is 3.16. The van der Waals surface area contributed by atoms with Gasteiger partial charge in [-0.05, 0) is 37.0 Å². The highest BCUT2D eigenvalue weighted by Gasteiger charge is 2.17. The number of rotatable bonds is 10. The summed E-state index contributed by atoms with van der Waals surface area (Å²) in [4.78, 5) is 28.1. The first-order valence-corrected chi connectivity index (χ1v) is 10.8. The van der Waals surface area contributed by atoms with Crippen LogP contribution in [-0.4, -0.2) is 28.8 Å². The van der Waals surface area contributed by atoms with Crippen LogP contribution >= 0.6 is 12.2 Å². The number of hydrogen-bond donors (Lipinski definition) is 2. The molecule has 0 saturated carbocycles. The number of unbranched alkanes of at least 4 members (excludes halogenated alkanes) is 1. The summed E-state index contributed by atoms with van der Waals surface area (Å²) in [5.41, 5.74) is 0.434. The Bertz CT molecular complexity index is 982. The zero-order valence-electron chi connectivity index (χ0n) is 17.1. The van der Waals surface area contributed by atoms with Gasteiger partial charge in [-0.25, -0.2) is 0 Å². The Morgan fingerprint density at radius 1 is 1.28 bits per heavy atom. The largest absolute Gasteiger partial charge is 0.454 e. The van der Waals surface area contributed by atoms with Crippen molar-refractivity contribution in [3.8, 4) is 11.5 Å². The summed E-state index contributed by atoms with van der Waals surface area (Å²) in [6, 6.07) is 3.41. The molecule has 0 fully saturated rings. The van der Waals surface area contributed by atoms with Crippen molar-refractivity contribution in [2.75, 3.05) is 13.3 Å². The van der Waals surface area contributed by atoms with E-state index in [1.807, 2.05) is 0 Å². The van der Waals surface area contributed by atoms with Gasteiger partial charge in [-0.3, -0.25) is 14.2 Å². The van der Waals surface area contributed by atoms with Crippen LogP contribution in [0.25, 0.3) is 10.9 Å². The summed E-state index contributed by atoms with van der Waals surface area (Å²) in [6.45, 7) is 5.59. The molecule has 158 valence electrons. The van der Waals surface area contributed by atoms with E-state index in [-0.39, 0.29) is 18.3 Å². The lowest BCUT2D eigenvalue weighted by atomic mass is 9.99. The van der Waals surface area contributed by atoms with Gasteiger partial charge >= 0.3 is 0 Å². The molecule has 0 radical (unpaired) electrons. The Hall–Kier alpha value is -2.35. The number of H-pyrrole nitrogens is 1. The van der Waals surface area contributed by atoms with E-state index in [0.717, 1.165) is 19.4 Å². The first-order chi connectivity index (χ1) is 14.0. The van der Waals surface area contributed by atoms with E-state index >= 15 is 0 Å². The number of amides is 1. The Labute approximate surface area is 175 Å². The molecule has 0 saturated heterocycles. The van der Waals surface area contributed by atoms with Gasteiger partial charge in [0.2, 0.25) is 12.7 Å². The van der Waals surface area contributed by atoms with Crippen LogP contribution in [-0.2, 0) is 11.3 Å². The number of fused-ring (bicyclic) bond motifs is 2. The molecule has 8 heteroatoms. The van der Waals surface area contributed by atoms with Crippen molar-refractivity contribution in [2.45, 2.75) is 58.9 Å². The van der Waals surface area contributed by atoms with Crippen LogP contribution in [0.15, 0.2) is 16.9 Å². The van der Waals surface area contributed by atoms with Gasteiger partial charge in [0.25, 0.3) is 5.56 Å². The molecule has 0 bridgehead atoms. The zero-order valence-corrected chi connectivity index (χ0v) is 17.9. The number of benzene rings is 1. The molecule has 1 aliphatic heterocycles. The van der Waals surface area contributed by atoms with Crippen LogP contribution in [0.1, 0.15) is 52.4 Å². The smallest absolute Gasteiger partial charge is 0.262 e. The van der Waals surface area contributed by atoms with Crippen molar-refractivity contribution in [3.63, 3.8) is 0 Å². The number of carbonyl (C=O) groups is 1. The molecule has 0 spiro atoms. The fraction of sp³-hybridized carbons (Fsp3) is 0.571. The predicted octanol–water partition coefficient (Wildman–Crippen LogP) is 3.90. The van der Waals surface area contributed by atoms with E-state index in [2.05, 4.69) is 24.1 Å². The maximum absolute atomic E-state index is 12.9. The zero-order chi connectivity index (χ0) is 20.8. The molecule has 0 unspecified atom stereocenters. The van der Waals surface area contributed by atoms with Gasteiger partial charge in [0.15, 0.2) is 16.3 Å². The van der Waals surface area contributed by atoms with E-state index in [9.17, 15) is 9.59 Å². The SMILES string of the molecule is CCCC[C@@H](CC)CNC(=O)CCCn1c(=S)[nH]c2cc3c(cc2c1=O)OCO3. The number of carbonyl (C=O) groups excluding carboxylic acids is 1. The Morgan fingerprint density at radius 3 is 2.76 bits per heavy atom. The van der Waals surface area contributed by atoms with Crippen molar-refractivity contribution in [2.24, 2.45) is 5.92 Å². The van der Waals surface area contributed by atoms with Crippen molar-refractivity contribution in [1.82, 2.24) is 14.9 Å². The molecule has 2 heterocycles. The molecule has 1 amide bonds. The lowest BCUT2D eigenvalue weighted by Crippen LogP contribution is -2.29. The van der Waals surface area contributed by atoms with Crippen LogP contribution in [0.3, 0.4) is 0 Å². The van der Waals surface area contributed by atoms with Crippen LogP contribution in [0.4, 0.5) is 0 Å². The summed E-state index contributed by atoms with van der Waals surface area (Å²) in [5, 5.41) is 3.52. The topological polar surface area (TPSA) is 85.4 Å². The fourth-order valence-electron chi connectivity index (χ4n) is 3.53. The van der Waals surface area contributed by atoms with Crippen LogP contribution < -0.4 is 20.3 Å². The number of hydrogen-bond acceptors (Lipinski definition) is 5. The van der Waals surface area contributed by atoms with Gasteiger partial charge in [0.1, 0.15) is 0 Å². The van der Waals surface area contributed by atoms with E-state index in [1.165, 1.54) is 17.4 Å². The quantitative estimate of drug-likeness (QED) is 0.571. The molecule has 7 nitrogen and oxygen atoms in total. The molecule has 1 aromatic heterocycles. The van der Waals surface area contributed by atoms with Crippen molar-refractivity contribution < 1.29 is 14.3 Å². The molecule has 1 aromatic carbocycles. The van der Waals surface area contributed by atoms with Gasteiger partial charge in [-0.15, -0.1) is 0 Å². The third-order valence-corrected chi connectivity index (χ3v) is 5.71. The lowest BCUT2D eigenvalue weighted by Gasteiger charge is -2.15. The third-order valence-electron chi connectivity index (χ3n) is 5.39. The van der Waals surface area contributed by atoms with Crippen LogP contribution in [0.2, 0.25) is 0 Å². The molecular formula is C21H29N3O4S. The lowest BCUT2D eigenvalue weighted by molar-refractivity contribution is -0.121. The molecule has 1 aliphatic rings. The monoisotopic (exact) mass is 419 g/mol. The normalized spacial score (nSPS) is 13.6. The number of aromatic nitrogens is 2. The maximum Gasteiger partial charge on any atom is 0.262 e. The molecular weight excluding hydrogens is 390 g/mol. The van der Waals surface area contributed by atoms with E-state index in [1.54, 1.807) is 12.1 Å². The van der Waals surface area contributed by atoms with Crippen molar-refractivity contribution >= 4 is 29.0 Å². The molecule has 3 rings (SSSR count). The second-order valence-electron chi connectivity index (χ2n) is 7.46. The molecule has 2 aromatic rings. The maximum atomic E-state index is 12.9. The number of nitrogens with one attached hydrogen (secondary N) is 2. The Morgan fingerprint density at radius 2 is 2.03 bits per heavy atom. The molecule has 29 heavy (non-hydrogen) atoms. The second-order valence-corrected chi connectivity index (χ2v) is 7.85. The highest BCUT2D eigenvalue weighted by atomic mass is 32.1. The molecule has 2 N–H and O–H groups in total. The summed E-state index contributed by atoms with van der Waals surface area (Å²) < 4.78 is 12.6. The van der Waals surface area contributed by atoms with Crippen LogP contribution in [0, 0.1) is 10.7 Å². The van der Waals surface area contributed by atoms with Gasteiger partial charge in [-0.1, -0.05) is 33.1 Å². The first-order valence-electron chi connectivity index (χ1n) is 10.4.